The summed E-state index contributed by atoms with van der Waals surface area (Å²) in [5.41, 5.74) is 1.86. The molecule has 0 aromatic heterocycles. The highest BCUT2D eigenvalue weighted by atomic mass is 16.2. The maximum Gasteiger partial charge on any atom is 0.251 e. The molecule has 1 heterocycles. The monoisotopic (exact) mass is 313 g/mol. The van der Waals surface area contributed by atoms with Crippen LogP contribution in [0.15, 0.2) is 24.3 Å². The van der Waals surface area contributed by atoms with Crippen LogP contribution in [0.1, 0.15) is 36.0 Å². The molecule has 5 nitrogen and oxygen atoms in total. The van der Waals surface area contributed by atoms with Crippen LogP contribution in [-0.2, 0) is 4.79 Å². The molecule has 2 amide bonds. The summed E-state index contributed by atoms with van der Waals surface area (Å²) in [5, 5.41) is 3.01. The van der Waals surface area contributed by atoms with E-state index >= 15 is 0 Å². The van der Waals surface area contributed by atoms with E-state index in [-0.39, 0.29) is 5.91 Å². The summed E-state index contributed by atoms with van der Waals surface area (Å²) < 4.78 is 0. The van der Waals surface area contributed by atoms with Gasteiger partial charge in [0.25, 0.3) is 5.91 Å². The normalized spacial score (nSPS) is 21.2. The lowest BCUT2D eigenvalue weighted by molar-refractivity contribution is -0.132. The molecule has 1 N–H and O–H groups in total. The average molecular weight is 313 g/mol. The van der Waals surface area contributed by atoms with Gasteiger partial charge in [-0.3, -0.25) is 9.59 Å². The highest BCUT2D eigenvalue weighted by molar-refractivity contribution is 5.94. The van der Waals surface area contributed by atoms with Crippen molar-refractivity contribution in [3.05, 3.63) is 29.8 Å². The number of nitrogens with one attached hydrogen (secondary N) is 1. The number of carbonyl (C=O) groups is 2. The molecule has 0 bridgehead atoms. The summed E-state index contributed by atoms with van der Waals surface area (Å²) >= 11 is 0. The summed E-state index contributed by atoms with van der Waals surface area (Å²) in [4.78, 5) is 28.4. The van der Waals surface area contributed by atoms with Gasteiger partial charge < -0.3 is 15.1 Å². The molecule has 1 aromatic carbocycles. The minimum absolute atomic E-state index is 0.0268. The molecule has 5 heteroatoms. The number of rotatable bonds is 4. The number of piperazine rings is 1. The second-order valence-electron chi connectivity index (χ2n) is 6.88. The first-order valence-corrected chi connectivity index (χ1v) is 8.65. The van der Waals surface area contributed by atoms with E-state index in [1.165, 1.54) is 0 Å². The van der Waals surface area contributed by atoms with Crippen molar-refractivity contribution >= 4 is 17.5 Å². The second kappa shape index (κ2) is 5.87. The average Bonchev–Trinajstić information content (AvgIpc) is 3.47. The lowest BCUT2D eigenvalue weighted by atomic mass is 10.1. The van der Waals surface area contributed by atoms with Crippen LogP contribution >= 0.6 is 0 Å². The third-order valence-corrected chi connectivity index (χ3v) is 4.93. The van der Waals surface area contributed by atoms with Crippen LogP contribution in [-0.4, -0.2) is 48.9 Å². The number of nitrogens with zero attached hydrogens (tertiary/aromatic N) is 2. The highest BCUT2D eigenvalue weighted by Crippen LogP contribution is 2.31. The van der Waals surface area contributed by atoms with Crippen LogP contribution in [0.5, 0.6) is 0 Å². The van der Waals surface area contributed by atoms with Gasteiger partial charge in [0.05, 0.1) is 0 Å². The van der Waals surface area contributed by atoms with Gasteiger partial charge in [0.2, 0.25) is 5.91 Å². The van der Waals surface area contributed by atoms with Crippen molar-refractivity contribution < 1.29 is 9.59 Å². The topological polar surface area (TPSA) is 52.7 Å². The Labute approximate surface area is 136 Å². The third-order valence-electron chi connectivity index (χ3n) is 4.93. The van der Waals surface area contributed by atoms with E-state index in [1.54, 1.807) is 0 Å². The largest absolute Gasteiger partial charge is 0.368 e. The van der Waals surface area contributed by atoms with Gasteiger partial charge in [-0.05, 0) is 49.9 Å². The maximum atomic E-state index is 12.1. The fourth-order valence-corrected chi connectivity index (χ4v) is 3.09. The van der Waals surface area contributed by atoms with Crippen LogP contribution in [0, 0.1) is 5.92 Å². The van der Waals surface area contributed by atoms with Gasteiger partial charge in [0.1, 0.15) is 0 Å². The minimum Gasteiger partial charge on any atom is -0.368 e. The zero-order valence-electron chi connectivity index (χ0n) is 13.3. The Kier molecular flexibility index (Phi) is 3.71. The SMILES string of the molecule is O=C(NC1CC1)c1ccc(N2CCN(C(=O)C3CC3)CC2)cc1. The number of anilines is 1. The van der Waals surface area contributed by atoms with Crippen molar-refractivity contribution in [3.8, 4) is 0 Å². The fraction of sp³-hybridized carbons (Fsp3) is 0.556. The van der Waals surface area contributed by atoms with Crippen molar-refractivity contribution in [3.63, 3.8) is 0 Å². The molecule has 2 saturated carbocycles. The summed E-state index contributed by atoms with van der Waals surface area (Å²) in [5.74, 6) is 0.682. The quantitative estimate of drug-likeness (QED) is 0.919. The summed E-state index contributed by atoms with van der Waals surface area (Å²) in [7, 11) is 0. The van der Waals surface area contributed by atoms with Crippen LogP contribution in [0.3, 0.4) is 0 Å². The van der Waals surface area contributed by atoms with Crippen LogP contribution in [0.25, 0.3) is 0 Å². The molecule has 0 atom stereocenters. The predicted octanol–water partition coefficient (Wildman–Crippen LogP) is 1.64. The zero-order chi connectivity index (χ0) is 15.8. The molecule has 122 valence electrons. The molecule has 2 aliphatic carbocycles. The van der Waals surface area contributed by atoms with Crippen LogP contribution < -0.4 is 10.2 Å². The summed E-state index contributed by atoms with van der Waals surface area (Å²) in [6.07, 6.45) is 4.36. The van der Waals surface area contributed by atoms with E-state index in [0.29, 0.717) is 17.9 Å². The number of hydrogen-bond donors (Lipinski definition) is 1. The van der Waals surface area contributed by atoms with Gasteiger partial charge in [0.15, 0.2) is 0 Å². The lowest BCUT2D eigenvalue weighted by Crippen LogP contribution is -2.49. The standard InChI is InChI=1S/C18H23N3O2/c22-17(19-15-5-6-15)13-3-7-16(8-4-13)20-9-11-21(12-10-20)18(23)14-1-2-14/h3-4,7-8,14-15H,1-2,5-6,9-12H2,(H,19,22). The maximum absolute atomic E-state index is 12.1. The first-order valence-electron chi connectivity index (χ1n) is 8.65. The van der Waals surface area contributed by atoms with Crippen LogP contribution in [0.4, 0.5) is 5.69 Å². The minimum atomic E-state index is 0.0268. The lowest BCUT2D eigenvalue weighted by Gasteiger charge is -2.36. The summed E-state index contributed by atoms with van der Waals surface area (Å²) in [6.45, 7) is 3.34. The van der Waals surface area contributed by atoms with Crippen molar-refractivity contribution in [2.45, 2.75) is 31.7 Å². The van der Waals surface area contributed by atoms with E-state index in [4.69, 9.17) is 0 Å². The van der Waals surface area contributed by atoms with E-state index in [1.807, 2.05) is 29.2 Å². The molecule has 0 unspecified atom stereocenters. The molecule has 0 radical (unpaired) electrons. The van der Waals surface area contributed by atoms with Gasteiger partial charge in [-0.2, -0.15) is 0 Å². The number of hydrogen-bond acceptors (Lipinski definition) is 3. The number of amides is 2. The Bertz CT molecular complexity index is 597. The predicted molar refractivity (Wildman–Crippen MR) is 88.4 cm³/mol. The Balaban J connectivity index is 1.33. The Morgan fingerprint density at radius 3 is 2.13 bits per heavy atom. The smallest absolute Gasteiger partial charge is 0.251 e. The molecule has 1 aromatic rings. The Hall–Kier alpha value is -2.04. The van der Waals surface area contributed by atoms with Gasteiger partial charge in [0, 0.05) is 49.4 Å². The molecular weight excluding hydrogens is 290 g/mol. The first kappa shape index (κ1) is 14.5. The Morgan fingerprint density at radius 1 is 0.913 bits per heavy atom. The fourth-order valence-electron chi connectivity index (χ4n) is 3.09. The van der Waals surface area contributed by atoms with Crippen molar-refractivity contribution in [2.24, 2.45) is 5.92 Å². The van der Waals surface area contributed by atoms with E-state index < -0.39 is 0 Å². The van der Waals surface area contributed by atoms with Crippen LogP contribution in [0.2, 0.25) is 0 Å². The molecule has 23 heavy (non-hydrogen) atoms. The number of benzene rings is 1. The summed E-state index contributed by atoms with van der Waals surface area (Å²) in [6, 6.07) is 8.21. The third kappa shape index (κ3) is 3.33. The molecule has 1 saturated heterocycles. The van der Waals surface area contributed by atoms with Crippen molar-refractivity contribution in [1.82, 2.24) is 10.2 Å². The van der Waals surface area contributed by atoms with Gasteiger partial charge >= 0.3 is 0 Å². The molecule has 4 rings (SSSR count). The molecular formula is C18H23N3O2. The van der Waals surface area contributed by atoms with E-state index in [2.05, 4.69) is 10.2 Å². The van der Waals surface area contributed by atoms with Gasteiger partial charge in [-0.15, -0.1) is 0 Å². The van der Waals surface area contributed by atoms with Crippen molar-refractivity contribution in [1.29, 1.82) is 0 Å². The van der Waals surface area contributed by atoms with E-state index in [9.17, 15) is 9.59 Å². The molecule has 1 aliphatic heterocycles. The van der Waals surface area contributed by atoms with Crippen molar-refractivity contribution in [2.75, 3.05) is 31.1 Å². The molecule has 3 aliphatic rings. The first-order chi connectivity index (χ1) is 11.2. The van der Waals surface area contributed by atoms with Gasteiger partial charge in [-0.1, -0.05) is 0 Å². The second-order valence-corrected chi connectivity index (χ2v) is 6.88. The van der Waals surface area contributed by atoms with Gasteiger partial charge in [-0.25, -0.2) is 0 Å². The van der Waals surface area contributed by atoms with E-state index in [0.717, 1.165) is 63.1 Å². The molecule has 3 fully saturated rings. The zero-order valence-corrected chi connectivity index (χ0v) is 13.3. The number of carbonyl (C=O) groups excluding carboxylic acids is 2. The Morgan fingerprint density at radius 2 is 1.57 bits per heavy atom. The molecule has 0 spiro atoms. The highest BCUT2D eigenvalue weighted by Gasteiger charge is 2.34.